The van der Waals surface area contributed by atoms with Crippen LogP contribution in [0.5, 0.6) is 11.5 Å². The number of hydrogen-bond acceptors (Lipinski definition) is 4. The van der Waals surface area contributed by atoms with Crippen LogP contribution in [0.4, 0.5) is 0 Å². The molecule has 0 unspecified atom stereocenters. The monoisotopic (exact) mass is 346 g/mol. The third-order valence-corrected chi connectivity index (χ3v) is 4.66. The van der Waals surface area contributed by atoms with Crippen molar-refractivity contribution in [3.8, 4) is 11.5 Å². The van der Waals surface area contributed by atoms with E-state index in [2.05, 4.69) is 42.8 Å². The molecule has 25 heavy (non-hydrogen) atoms. The summed E-state index contributed by atoms with van der Waals surface area (Å²) >= 11 is 0. The van der Waals surface area contributed by atoms with Crippen LogP contribution in [-0.4, -0.2) is 44.3 Å². The molecule has 140 valence electrons. The molecule has 0 saturated carbocycles. The maximum absolute atomic E-state index is 5.88. The van der Waals surface area contributed by atoms with E-state index in [9.17, 15) is 0 Å². The van der Waals surface area contributed by atoms with Crippen LogP contribution in [0.25, 0.3) is 0 Å². The van der Waals surface area contributed by atoms with Crippen molar-refractivity contribution in [3.63, 3.8) is 0 Å². The Morgan fingerprint density at radius 2 is 2.04 bits per heavy atom. The minimum atomic E-state index is 0.591. The standard InChI is InChI=1S/C21H34N2O2/c1-5-6-13-25-21-14-18(7-8-20(21)24-4)15-22-19-9-11-23(12-10-19)16-17(2)3/h7-8,14,19,22H,2,5-6,9-13,15-16H2,1,3-4H3. The van der Waals surface area contributed by atoms with Crippen LogP contribution in [-0.2, 0) is 6.54 Å². The first kappa shape index (κ1) is 19.8. The maximum atomic E-state index is 5.88. The molecule has 0 aromatic heterocycles. The fourth-order valence-corrected chi connectivity index (χ4v) is 3.21. The zero-order valence-corrected chi connectivity index (χ0v) is 16.1. The molecule has 0 bridgehead atoms. The molecule has 1 heterocycles. The molecular weight excluding hydrogens is 312 g/mol. The van der Waals surface area contributed by atoms with Gasteiger partial charge in [0.1, 0.15) is 0 Å². The van der Waals surface area contributed by atoms with Crippen molar-refractivity contribution in [2.24, 2.45) is 0 Å². The molecule has 1 N–H and O–H groups in total. The summed E-state index contributed by atoms with van der Waals surface area (Å²) in [6, 6.07) is 6.83. The third kappa shape index (κ3) is 6.71. The normalized spacial score (nSPS) is 16.0. The maximum Gasteiger partial charge on any atom is 0.161 e. The Labute approximate surface area is 153 Å². The number of unbranched alkanes of at least 4 members (excludes halogenated alkanes) is 1. The van der Waals surface area contributed by atoms with Crippen molar-refractivity contribution in [2.75, 3.05) is 33.4 Å². The van der Waals surface area contributed by atoms with Crippen LogP contribution >= 0.6 is 0 Å². The minimum Gasteiger partial charge on any atom is -0.493 e. The van der Waals surface area contributed by atoms with Gasteiger partial charge in [0.15, 0.2) is 11.5 Å². The molecule has 1 aromatic carbocycles. The number of nitrogens with one attached hydrogen (secondary N) is 1. The molecule has 0 aliphatic carbocycles. The summed E-state index contributed by atoms with van der Waals surface area (Å²) in [5.74, 6) is 1.67. The predicted octanol–water partition coefficient (Wildman–Crippen LogP) is 4.00. The second kappa shape index (κ2) is 10.5. The number of methoxy groups -OCH3 is 1. The summed E-state index contributed by atoms with van der Waals surface area (Å²) in [6.07, 6.45) is 4.59. The second-order valence-corrected chi connectivity index (χ2v) is 7.08. The van der Waals surface area contributed by atoms with Crippen molar-refractivity contribution < 1.29 is 9.47 Å². The van der Waals surface area contributed by atoms with Crippen LogP contribution in [0.3, 0.4) is 0 Å². The Balaban J connectivity index is 1.82. The smallest absolute Gasteiger partial charge is 0.161 e. The highest BCUT2D eigenvalue weighted by Crippen LogP contribution is 2.28. The van der Waals surface area contributed by atoms with Gasteiger partial charge in [-0.15, -0.1) is 0 Å². The molecular formula is C21H34N2O2. The van der Waals surface area contributed by atoms with E-state index in [1.165, 1.54) is 24.0 Å². The molecule has 0 radical (unpaired) electrons. The SMILES string of the molecule is C=C(C)CN1CCC(NCc2ccc(OC)c(OCCCC)c2)CC1. The van der Waals surface area contributed by atoms with Crippen molar-refractivity contribution >= 4 is 0 Å². The van der Waals surface area contributed by atoms with Gasteiger partial charge in [0.05, 0.1) is 13.7 Å². The van der Waals surface area contributed by atoms with Gasteiger partial charge in [0.2, 0.25) is 0 Å². The largest absolute Gasteiger partial charge is 0.493 e. The van der Waals surface area contributed by atoms with Crippen molar-refractivity contribution in [3.05, 3.63) is 35.9 Å². The number of rotatable bonds is 10. The molecule has 0 amide bonds. The van der Waals surface area contributed by atoms with Crippen molar-refractivity contribution in [2.45, 2.75) is 52.1 Å². The van der Waals surface area contributed by atoms with Crippen LogP contribution in [0.1, 0.15) is 45.1 Å². The first-order chi connectivity index (χ1) is 12.1. The summed E-state index contributed by atoms with van der Waals surface area (Å²) in [5, 5.41) is 3.70. The lowest BCUT2D eigenvalue weighted by Crippen LogP contribution is -2.42. The summed E-state index contributed by atoms with van der Waals surface area (Å²) in [6.45, 7) is 13.2. The highest BCUT2D eigenvalue weighted by molar-refractivity contribution is 5.43. The Morgan fingerprint density at radius 3 is 2.68 bits per heavy atom. The molecule has 4 nitrogen and oxygen atoms in total. The van der Waals surface area contributed by atoms with E-state index in [1.54, 1.807) is 7.11 Å². The summed E-state index contributed by atoms with van der Waals surface area (Å²) in [7, 11) is 1.69. The summed E-state index contributed by atoms with van der Waals surface area (Å²) < 4.78 is 11.3. The zero-order chi connectivity index (χ0) is 18.1. The van der Waals surface area contributed by atoms with Gasteiger partial charge in [0.25, 0.3) is 0 Å². The predicted molar refractivity (Wildman–Crippen MR) is 105 cm³/mol. The Morgan fingerprint density at radius 1 is 1.28 bits per heavy atom. The van der Waals surface area contributed by atoms with E-state index in [1.807, 2.05) is 6.07 Å². The van der Waals surface area contributed by atoms with Gasteiger partial charge in [0, 0.05) is 19.1 Å². The number of piperidine rings is 1. The number of ether oxygens (including phenoxy) is 2. The van der Waals surface area contributed by atoms with Crippen molar-refractivity contribution in [1.29, 1.82) is 0 Å². The first-order valence-corrected chi connectivity index (χ1v) is 9.52. The van der Waals surface area contributed by atoms with Crippen LogP contribution in [0.2, 0.25) is 0 Å². The lowest BCUT2D eigenvalue weighted by Gasteiger charge is -2.32. The van der Waals surface area contributed by atoms with Gasteiger partial charge < -0.3 is 14.8 Å². The average molecular weight is 347 g/mol. The van der Waals surface area contributed by atoms with Crippen molar-refractivity contribution in [1.82, 2.24) is 10.2 Å². The Hall–Kier alpha value is -1.52. The molecule has 4 heteroatoms. The Kier molecular flexibility index (Phi) is 8.29. The molecule has 1 aliphatic rings. The van der Waals surface area contributed by atoms with E-state index in [0.29, 0.717) is 6.04 Å². The highest BCUT2D eigenvalue weighted by Gasteiger charge is 2.18. The average Bonchev–Trinajstić information content (AvgIpc) is 2.61. The van der Waals surface area contributed by atoms with E-state index in [4.69, 9.17) is 9.47 Å². The van der Waals surface area contributed by atoms with E-state index in [0.717, 1.165) is 57.1 Å². The molecule has 1 fully saturated rings. The van der Waals surface area contributed by atoms with E-state index < -0.39 is 0 Å². The van der Waals surface area contributed by atoms with E-state index >= 15 is 0 Å². The molecule has 2 rings (SSSR count). The van der Waals surface area contributed by atoms with Crippen LogP contribution in [0, 0.1) is 0 Å². The quantitative estimate of drug-likeness (QED) is 0.513. The van der Waals surface area contributed by atoms with Gasteiger partial charge in [-0.05, 0) is 57.0 Å². The fraction of sp³-hybridized carbons (Fsp3) is 0.619. The number of nitrogens with zero attached hydrogens (tertiary/aromatic N) is 1. The van der Waals surface area contributed by atoms with Gasteiger partial charge in [-0.3, -0.25) is 4.90 Å². The molecule has 1 aromatic rings. The van der Waals surface area contributed by atoms with Gasteiger partial charge in [-0.25, -0.2) is 0 Å². The number of benzene rings is 1. The first-order valence-electron chi connectivity index (χ1n) is 9.52. The summed E-state index contributed by atoms with van der Waals surface area (Å²) in [4.78, 5) is 2.49. The van der Waals surface area contributed by atoms with E-state index in [-0.39, 0.29) is 0 Å². The highest BCUT2D eigenvalue weighted by atomic mass is 16.5. The second-order valence-electron chi connectivity index (χ2n) is 7.08. The summed E-state index contributed by atoms with van der Waals surface area (Å²) in [5.41, 5.74) is 2.50. The molecule has 1 aliphatic heterocycles. The lowest BCUT2D eigenvalue weighted by molar-refractivity contribution is 0.211. The van der Waals surface area contributed by atoms with Gasteiger partial charge in [-0.2, -0.15) is 0 Å². The molecule has 0 spiro atoms. The Bertz CT molecular complexity index is 537. The van der Waals surface area contributed by atoms with Crippen LogP contribution in [0.15, 0.2) is 30.4 Å². The lowest BCUT2D eigenvalue weighted by atomic mass is 10.0. The van der Waals surface area contributed by atoms with Gasteiger partial charge in [-0.1, -0.05) is 31.6 Å². The number of likely N-dealkylation sites (tertiary alicyclic amines) is 1. The minimum absolute atomic E-state index is 0.591. The van der Waals surface area contributed by atoms with Crippen LogP contribution < -0.4 is 14.8 Å². The fourth-order valence-electron chi connectivity index (χ4n) is 3.21. The number of hydrogen-bond donors (Lipinski definition) is 1. The molecule has 0 atom stereocenters. The zero-order valence-electron chi connectivity index (χ0n) is 16.1. The third-order valence-electron chi connectivity index (χ3n) is 4.66. The molecule has 1 saturated heterocycles. The van der Waals surface area contributed by atoms with Gasteiger partial charge >= 0.3 is 0 Å². The topological polar surface area (TPSA) is 33.7 Å².